The molecule has 0 aliphatic carbocycles. The molecule has 0 radical (unpaired) electrons. The molecule has 0 aliphatic heterocycles. The van der Waals surface area contributed by atoms with Gasteiger partial charge < -0.3 is 15.0 Å². The first-order chi connectivity index (χ1) is 11.7. The molecule has 0 saturated carbocycles. The molecule has 0 spiro atoms. The van der Waals surface area contributed by atoms with Crippen molar-refractivity contribution >= 4 is 11.9 Å². The molecule has 6 heteroatoms. The number of esters is 1. The molecule has 1 heterocycles. The van der Waals surface area contributed by atoms with Crippen molar-refractivity contribution in [3.8, 4) is 0 Å². The minimum absolute atomic E-state index is 0.114. The van der Waals surface area contributed by atoms with E-state index in [9.17, 15) is 9.59 Å². The van der Waals surface area contributed by atoms with Gasteiger partial charge in [-0.25, -0.2) is 9.78 Å². The number of rotatable bonds is 13. The summed E-state index contributed by atoms with van der Waals surface area (Å²) in [6, 6.07) is -0.679. The van der Waals surface area contributed by atoms with Gasteiger partial charge in [0.05, 0.1) is 13.4 Å². The third-order valence-electron chi connectivity index (χ3n) is 3.86. The zero-order valence-corrected chi connectivity index (χ0v) is 14.6. The van der Waals surface area contributed by atoms with Crippen molar-refractivity contribution in [1.29, 1.82) is 0 Å². The summed E-state index contributed by atoms with van der Waals surface area (Å²) in [7, 11) is 1.32. The highest BCUT2D eigenvalue weighted by Gasteiger charge is 2.22. The Bertz CT molecular complexity index is 486. The number of amides is 1. The molecule has 134 valence electrons. The predicted molar refractivity (Wildman–Crippen MR) is 93.4 cm³/mol. The maximum atomic E-state index is 12.0. The van der Waals surface area contributed by atoms with Crippen LogP contribution in [0.3, 0.4) is 0 Å². The first kappa shape index (κ1) is 19.9. The smallest absolute Gasteiger partial charge is 0.328 e. The lowest BCUT2D eigenvalue weighted by atomic mass is 10.1. The molecule has 0 bridgehead atoms. The Morgan fingerprint density at radius 2 is 2.00 bits per heavy atom. The van der Waals surface area contributed by atoms with E-state index in [2.05, 4.69) is 21.9 Å². The van der Waals surface area contributed by atoms with Crippen molar-refractivity contribution in [1.82, 2.24) is 15.3 Å². The van der Waals surface area contributed by atoms with Crippen LogP contribution in [-0.4, -0.2) is 35.0 Å². The summed E-state index contributed by atoms with van der Waals surface area (Å²) in [6.45, 7) is 3.71. The summed E-state index contributed by atoms with van der Waals surface area (Å²) in [4.78, 5) is 30.7. The summed E-state index contributed by atoms with van der Waals surface area (Å²) >= 11 is 0. The summed E-state index contributed by atoms with van der Waals surface area (Å²) in [5.41, 5.74) is 0.783. The summed E-state index contributed by atoms with van der Waals surface area (Å²) < 4.78 is 4.76. The van der Waals surface area contributed by atoms with Crippen molar-refractivity contribution in [2.45, 2.75) is 63.8 Å². The lowest BCUT2D eigenvalue weighted by Crippen LogP contribution is -2.43. The Kier molecular flexibility index (Phi) is 10.2. The van der Waals surface area contributed by atoms with Crippen molar-refractivity contribution < 1.29 is 14.3 Å². The summed E-state index contributed by atoms with van der Waals surface area (Å²) in [5, 5.41) is 2.75. The molecule has 1 aromatic heterocycles. The van der Waals surface area contributed by atoms with Crippen molar-refractivity contribution in [2.24, 2.45) is 0 Å². The molecule has 0 saturated heterocycles. The second-order valence-electron chi connectivity index (χ2n) is 5.87. The van der Waals surface area contributed by atoms with E-state index in [1.165, 1.54) is 26.4 Å². The average molecular weight is 335 g/mol. The molecule has 0 unspecified atom stereocenters. The standard InChI is InChI=1S/C18H29N3O3/c1-3-4-5-6-7-8-9-10-11-17(22)21-16(18(23)24-2)12-15-13-19-14-20-15/h3,13-14,16H,1,4-12H2,2H3,(H,19,20)(H,21,22)/t16-/m0/s1. The van der Waals surface area contributed by atoms with Gasteiger partial charge in [-0.3, -0.25) is 4.79 Å². The number of hydrogen-bond donors (Lipinski definition) is 2. The number of unbranched alkanes of at least 4 members (excludes halogenated alkanes) is 6. The van der Waals surface area contributed by atoms with Crippen LogP contribution in [0.1, 0.15) is 57.1 Å². The molecule has 0 aromatic carbocycles. The first-order valence-electron chi connectivity index (χ1n) is 8.62. The van der Waals surface area contributed by atoms with Gasteiger partial charge in [0.1, 0.15) is 6.04 Å². The molecule has 0 fully saturated rings. The summed E-state index contributed by atoms with van der Waals surface area (Å²) in [5.74, 6) is -0.559. The number of nitrogens with one attached hydrogen (secondary N) is 2. The minimum atomic E-state index is -0.679. The number of nitrogens with zero attached hydrogens (tertiary/aromatic N) is 1. The Morgan fingerprint density at radius 3 is 2.62 bits per heavy atom. The van der Waals surface area contributed by atoms with E-state index in [-0.39, 0.29) is 5.91 Å². The number of carbonyl (C=O) groups excluding carboxylic acids is 2. The minimum Gasteiger partial charge on any atom is -0.467 e. The Hall–Kier alpha value is -2.11. The molecule has 0 aliphatic rings. The molecule has 6 nitrogen and oxygen atoms in total. The number of methoxy groups -OCH3 is 1. The van der Waals surface area contributed by atoms with Gasteiger partial charge in [0, 0.05) is 24.7 Å². The first-order valence-corrected chi connectivity index (χ1v) is 8.62. The van der Waals surface area contributed by atoms with Crippen LogP contribution < -0.4 is 5.32 Å². The molecule has 1 aromatic rings. The molecule has 24 heavy (non-hydrogen) atoms. The van der Waals surface area contributed by atoms with Gasteiger partial charge in [0.2, 0.25) is 5.91 Å². The average Bonchev–Trinajstić information content (AvgIpc) is 3.09. The van der Waals surface area contributed by atoms with E-state index in [1.54, 1.807) is 12.5 Å². The van der Waals surface area contributed by atoms with Gasteiger partial charge >= 0.3 is 5.97 Å². The Labute approximate surface area is 144 Å². The fourth-order valence-corrected chi connectivity index (χ4v) is 2.50. The molecular weight excluding hydrogens is 306 g/mol. The SMILES string of the molecule is C=CCCCCCCCCC(=O)N[C@@H](Cc1cnc[nH]1)C(=O)OC. The van der Waals surface area contributed by atoms with Crippen LogP contribution in [0.2, 0.25) is 0 Å². The Morgan fingerprint density at radius 1 is 1.29 bits per heavy atom. The monoisotopic (exact) mass is 335 g/mol. The Balaban J connectivity index is 2.22. The molecule has 2 N–H and O–H groups in total. The number of aromatic amines is 1. The quantitative estimate of drug-likeness (QED) is 0.330. The number of carbonyl (C=O) groups is 2. The van der Waals surface area contributed by atoms with Gasteiger partial charge in [-0.1, -0.05) is 31.8 Å². The third kappa shape index (κ3) is 8.50. The van der Waals surface area contributed by atoms with Crippen LogP contribution >= 0.6 is 0 Å². The van der Waals surface area contributed by atoms with Gasteiger partial charge in [-0.05, 0) is 19.3 Å². The van der Waals surface area contributed by atoms with E-state index < -0.39 is 12.0 Å². The number of hydrogen-bond acceptors (Lipinski definition) is 4. The maximum absolute atomic E-state index is 12.0. The van der Waals surface area contributed by atoms with E-state index in [0.29, 0.717) is 12.8 Å². The number of aromatic nitrogens is 2. The van der Waals surface area contributed by atoms with Crippen LogP contribution in [0.4, 0.5) is 0 Å². The largest absolute Gasteiger partial charge is 0.467 e. The van der Waals surface area contributed by atoms with Crippen molar-refractivity contribution in [3.63, 3.8) is 0 Å². The third-order valence-corrected chi connectivity index (χ3v) is 3.86. The van der Waals surface area contributed by atoms with Gasteiger partial charge in [-0.2, -0.15) is 0 Å². The number of imidazole rings is 1. The van der Waals surface area contributed by atoms with E-state index in [4.69, 9.17) is 4.74 Å². The molecule has 1 amide bonds. The zero-order valence-electron chi connectivity index (χ0n) is 14.6. The van der Waals surface area contributed by atoms with Crippen molar-refractivity contribution in [3.05, 3.63) is 30.9 Å². The lowest BCUT2D eigenvalue weighted by Gasteiger charge is -2.15. The van der Waals surface area contributed by atoms with E-state index in [1.807, 2.05) is 6.08 Å². The zero-order chi connectivity index (χ0) is 17.6. The molecular formula is C18H29N3O3. The highest BCUT2D eigenvalue weighted by molar-refractivity contribution is 5.84. The van der Waals surface area contributed by atoms with E-state index in [0.717, 1.165) is 31.4 Å². The van der Waals surface area contributed by atoms with Crippen molar-refractivity contribution in [2.75, 3.05) is 7.11 Å². The highest BCUT2D eigenvalue weighted by atomic mass is 16.5. The normalized spacial score (nSPS) is 11.7. The fraction of sp³-hybridized carbons (Fsp3) is 0.611. The second-order valence-corrected chi connectivity index (χ2v) is 5.87. The van der Waals surface area contributed by atoms with Gasteiger partial charge in [0.25, 0.3) is 0 Å². The fourth-order valence-electron chi connectivity index (χ4n) is 2.50. The summed E-state index contributed by atoms with van der Waals surface area (Å²) in [6.07, 6.45) is 13.6. The number of H-pyrrole nitrogens is 1. The van der Waals surface area contributed by atoms with Crippen LogP contribution in [0.5, 0.6) is 0 Å². The highest BCUT2D eigenvalue weighted by Crippen LogP contribution is 2.09. The number of allylic oxidation sites excluding steroid dienone is 1. The maximum Gasteiger partial charge on any atom is 0.328 e. The predicted octanol–water partition coefficient (Wildman–Crippen LogP) is 2.92. The molecule has 1 rings (SSSR count). The topological polar surface area (TPSA) is 84.1 Å². The van der Waals surface area contributed by atoms with Crippen LogP contribution in [0.25, 0.3) is 0 Å². The number of ether oxygens (including phenoxy) is 1. The van der Waals surface area contributed by atoms with Crippen LogP contribution in [0, 0.1) is 0 Å². The van der Waals surface area contributed by atoms with Gasteiger partial charge in [0.15, 0.2) is 0 Å². The lowest BCUT2D eigenvalue weighted by molar-refractivity contribution is -0.145. The molecule has 1 atom stereocenters. The van der Waals surface area contributed by atoms with Crippen LogP contribution in [-0.2, 0) is 20.7 Å². The van der Waals surface area contributed by atoms with Crippen LogP contribution in [0.15, 0.2) is 25.2 Å². The van der Waals surface area contributed by atoms with E-state index >= 15 is 0 Å². The van der Waals surface area contributed by atoms with Gasteiger partial charge in [-0.15, -0.1) is 6.58 Å². The second kappa shape index (κ2) is 12.3.